The Balaban J connectivity index is 0.000000142. The van der Waals surface area contributed by atoms with Crippen LogP contribution in [0.15, 0.2) is 400 Å². The highest BCUT2D eigenvalue weighted by atomic mass is 35.5. The topological polar surface area (TPSA) is 25.1 Å². The van der Waals surface area contributed by atoms with Crippen molar-refractivity contribution in [2.45, 2.75) is 52.4 Å². The minimum absolute atomic E-state index is 0.126. The van der Waals surface area contributed by atoms with Crippen LogP contribution >= 0.6 is 11.6 Å². The third-order valence-electron chi connectivity index (χ3n) is 20.7. The fourth-order valence-electron chi connectivity index (χ4n) is 14.8. The zero-order valence-corrected chi connectivity index (χ0v) is 63.1. The fraction of sp³-hybridized carbons (Fsp3) is 0.0769. The normalized spacial score (nSPS) is 11.4. The summed E-state index contributed by atoms with van der Waals surface area (Å²) in [6.07, 6.45) is 0. The van der Waals surface area contributed by atoms with Crippen LogP contribution in [0.1, 0.15) is 52.7 Å². The Labute approximate surface area is 645 Å². The van der Waals surface area contributed by atoms with Crippen molar-refractivity contribution in [1.82, 2.24) is 9.13 Å². The number of nitrogens with one attached hydrogen (secondary N) is 1. The number of fused-ring (bicyclic) bond motifs is 6. The molecular formula is C104H85ClN4. The number of para-hydroxylation sites is 4. The number of aromatic nitrogens is 2. The second kappa shape index (κ2) is 30.8. The number of nitrogens with zero attached hydrogens (tertiary/aromatic N) is 3. The minimum atomic E-state index is 0.126. The summed E-state index contributed by atoms with van der Waals surface area (Å²) >= 11 is 5.88. The molecule has 0 saturated heterocycles. The smallest absolute Gasteiger partial charge is 0.0541 e. The van der Waals surface area contributed by atoms with Gasteiger partial charge in [-0.05, 0) is 210 Å². The van der Waals surface area contributed by atoms with Crippen molar-refractivity contribution >= 4 is 83.6 Å². The van der Waals surface area contributed by atoms with E-state index in [-0.39, 0.29) is 10.8 Å². The van der Waals surface area contributed by atoms with Gasteiger partial charge in [-0.2, -0.15) is 0 Å². The minimum Gasteiger partial charge on any atom is -0.356 e. The Morgan fingerprint density at radius 1 is 0.220 bits per heavy atom. The lowest BCUT2D eigenvalue weighted by Gasteiger charge is -2.26. The molecular weight excluding hydrogens is 1340 g/mol. The molecule has 0 spiro atoms. The largest absolute Gasteiger partial charge is 0.356 e. The molecule has 0 aliphatic rings. The Morgan fingerprint density at radius 2 is 0.431 bits per heavy atom. The zero-order chi connectivity index (χ0) is 74.4. The van der Waals surface area contributed by atoms with Gasteiger partial charge in [-0.3, -0.25) is 0 Å². The quantitative estimate of drug-likeness (QED) is 0.124. The van der Waals surface area contributed by atoms with E-state index in [2.05, 4.69) is 443 Å². The molecule has 0 saturated carbocycles. The van der Waals surface area contributed by atoms with Crippen LogP contribution in [0.3, 0.4) is 0 Å². The molecule has 2 heterocycles. The molecule has 0 atom stereocenters. The molecule has 0 unspecified atom stereocenters. The SMILES string of the molecule is CC(C)(C)c1ccc(-c2ccc(Cl)cc2)cc1.CC(C)(C)c1ccc(-c2ccc(N(c3ccc(-c4ccc(-c5ccccc5)cc4)cc3)c3ccc(-n4c5ccccc5c5ccccc54)cc3)cc2)cc1.c1ccc(-c2ccc(-c3ccc(Nc4ccc(-n5c6ccccc6c6ccccc65)cc4)cc3)cc2)cc1. The van der Waals surface area contributed by atoms with Crippen LogP contribution in [-0.2, 0) is 10.8 Å². The van der Waals surface area contributed by atoms with Gasteiger partial charge in [0.1, 0.15) is 0 Å². The molecule has 18 rings (SSSR count). The maximum atomic E-state index is 5.88. The van der Waals surface area contributed by atoms with Crippen LogP contribution < -0.4 is 10.2 Å². The molecule has 528 valence electrons. The lowest BCUT2D eigenvalue weighted by molar-refractivity contribution is 0.590. The predicted octanol–water partition coefficient (Wildman–Crippen LogP) is 29.7. The molecule has 0 aliphatic carbocycles. The highest BCUT2D eigenvalue weighted by Crippen LogP contribution is 2.41. The van der Waals surface area contributed by atoms with E-state index in [1.807, 2.05) is 18.2 Å². The van der Waals surface area contributed by atoms with Crippen LogP contribution in [0.4, 0.5) is 28.4 Å². The Hall–Kier alpha value is -13.0. The van der Waals surface area contributed by atoms with Crippen molar-refractivity contribution < 1.29 is 0 Å². The second-order valence-electron chi connectivity index (χ2n) is 30.0. The van der Waals surface area contributed by atoms with Gasteiger partial charge < -0.3 is 19.4 Å². The molecule has 5 heteroatoms. The zero-order valence-electron chi connectivity index (χ0n) is 62.3. The van der Waals surface area contributed by atoms with Crippen molar-refractivity contribution in [2.24, 2.45) is 0 Å². The number of hydrogen-bond acceptors (Lipinski definition) is 2. The summed E-state index contributed by atoms with van der Waals surface area (Å²) < 4.78 is 4.71. The van der Waals surface area contributed by atoms with Gasteiger partial charge in [0.2, 0.25) is 0 Å². The molecule has 0 aliphatic heterocycles. The van der Waals surface area contributed by atoms with Gasteiger partial charge in [-0.25, -0.2) is 0 Å². The molecule has 2 aromatic heterocycles. The summed E-state index contributed by atoms with van der Waals surface area (Å²) in [7, 11) is 0. The lowest BCUT2D eigenvalue weighted by atomic mass is 9.86. The van der Waals surface area contributed by atoms with E-state index >= 15 is 0 Å². The van der Waals surface area contributed by atoms with Crippen LogP contribution in [0, 0.1) is 0 Å². The van der Waals surface area contributed by atoms with Crippen molar-refractivity contribution in [3.63, 3.8) is 0 Å². The van der Waals surface area contributed by atoms with Gasteiger partial charge >= 0.3 is 0 Å². The predicted molar refractivity (Wildman–Crippen MR) is 467 cm³/mol. The average molecular weight is 1430 g/mol. The molecule has 4 nitrogen and oxygen atoms in total. The summed E-state index contributed by atoms with van der Waals surface area (Å²) in [4.78, 5) is 2.35. The average Bonchev–Trinajstić information content (AvgIpc) is 1.75. The fourth-order valence-corrected chi connectivity index (χ4v) is 14.9. The van der Waals surface area contributed by atoms with Gasteiger partial charge in [-0.1, -0.05) is 332 Å². The molecule has 0 amide bonds. The molecule has 109 heavy (non-hydrogen) atoms. The maximum absolute atomic E-state index is 5.88. The van der Waals surface area contributed by atoms with Crippen LogP contribution in [0.25, 0.3) is 122 Å². The number of halogens is 1. The highest BCUT2D eigenvalue weighted by molar-refractivity contribution is 6.30. The molecule has 0 fully saturated rings. The third-order valence-corrected chi connectivity index (χ3v) is 21.0. The van der Waals surface area contributed by atoms with Crippen molar-refractivity contribution in [3.8, 4) is 78.1 Å². The maximum Gasteiger partial charge on any atom is 0.0541 e. The van der Waals surface area contributed by atoms with E-state index in [1.54, 1.807) is 0 Å². The monoisotopic (exact) mass is 1420 g/mol. The molecule has 1 N–H and O–H groups in total. The van der Waals surface area contributed by atoms with E-state index in [1.165, 1.54) is 122 Å². The van der Waals surface area contributed by atoms with Crippen molar-refractivity contribution in [1.29, 1.82) is 0 Å². The molecule has 18 aromatic rings. The van der Waals surface area contributed by atoms with Gasteiger partial charge in [0.05, 0.1) is 22.1 Å². The van der Waals surface area contributed by atoms with Gasteiger partial charge in [0.25, 0.3) is 0 Å². The molecule has 16 aromatic carbocycles. The van der Waals surface area contributed by atoms with Gasteiger partial charge in [-0.15, -0.1) is 0 Å². The number of rotatable bonds is 13. The summed E-state index contributed by atoms with van der Waals surface area (Å²) in [5.74, 6) is 0. The van der Waals surface area contributed by atoms with E-state index in [0.717, 1.165) is 44.8 Å². The van der Waals surface area contributed by atoms with E-state index in [4.69, 9.17) is 11.6 Å². The van der Waals surface area contributed by atoms with Gasteiger partial charge in [0.15, 0.2) is 0 Å². The van der Waals surface area contributed by atoms with Crippen molar-refractivity contribution in [2.75, 3.05) is 10.2 Å². The number of hydrogen-bond donors (Lipinski definition) is 1. The molecule has 0 bridgehead atoms. The molecule has 0 radical (unpaired) electrons. The Morgan fingerprint density at radius 3 is 0.725 bits per heavy atom. The standard InChI is InChI=1S/C52H42N2.C36H26N2.C16H17Cl/c1-52(2,3)43-27-21-40(22-28-43)42-25-31-45(32-26-42)53(44-29-23-41(24-30-44)39-19-17-38(18-20-39)37-11-5-4-6-12-37)46-33-35-47(36-34-46)54-50-15-9-7-13-48(50)49-14-8-10-16-51(49)54;1-2-8-26(9-3-1)27-14-16-28(17-15-27)29-18-20-30(21-19-29)37-31-22-24-32(25-23-31)38-35-12-6-4-10-33(35)34-11-5-7-13-36(34)38;1-16(2,3)14-8-4-12(5-9-14)13-6-10-15(17)11-7-13/h4-36H,1-3H3;1-25,37H;4-11H,1-3H3. The number of benzene rings is 16. The van der Waals surface area contributed by atoms with E-state index < -0.39 is 0 Å². The summed E-state index contributed by atoms with van der Waals surface area (Å²) in [6, 6.07) is 143. The van der Waals surface area contributed by atoms with Crippen LogP contribution in [0.5, 0.6) is 0 Å². The first-order chi connectivity index (χ1) is 53.2. The Bertz CT molecular complexity index is 5990. The van der Waals surface area contributed by atoms with Gasteiger partial charge in [0, 0.05) is 66.4 Å². The van der Waals surface area contributed by atoms with Crippen LogP contribution in [-0.4, -0.2) is 9.13 Å². The highest BCUT2D eigenvalue weighted by Gasteiger charge is 2.19. The first-order valence-electron chi connectivity index (χ1n) is 37.5. The van der Waals surface area contributed by atoms with E-state index in [9.17, 15) is 0 Å². The lowest BCUT2D eigenvalue weighted by Crippen LogP contribution is -2.10. The van der Waals surface area contributed by atoms with Crippen LogP contribution in [0.2, 0.25) is 5.02 Å². The first-order valence-corrected chi connectivity index (χ1v) is 37.9. The summed E-state index contributed by atoms with van der Waals surface area (Å²) in [5, 5.41) is 9.42. The second-order valence-corrected chi connectivity index (χ2v) is 30.4. The summed E-state index contributed by atoms with van der Waals surface area (Å²) in [6.45, 7) is 13.5. The summed E-state index contributed by atoms with van der Waals surface area (Å²) in [5.41, 5.74) is 30.2. The van der Waals surface area contributed by atoms with Crippen molar-refractivity contribution in [3.05, 3.63) is 417 Å². The first kappa shape index (κ1) is 70.3. The van der Waals surface area contributed by atoms with E-state index in [0.29, 0.717) is 0 Å². The third kappa shape index (κ3) is 15.4. The Kier molecular flexibility index (Phi) is 19.9. The number of anilines is 5.